The number of nitrogens with two attached hydrogens (primary N) is 1. The van der Waals surface area contributed by atoms with Crippen molar-refractivity contribution >= 4 is 6.09 Å². The van der Waals surface area contributed by atoms with E-state index in [0.29, 0.717) is 13.0 Å². The van der Waals surface area contributed by atoms with Gasteiger partial charge in [0.1, 0.15) is 11.8 Å². The number of ether oxygens (including phenoxy) is 1. The Labute approximate surface area is 101 Å². The number of alkyl halides is 1. The van der Waals surface area contributed by atoms with E-state index in [4.69, 9.17) is 10.5 Å². The molecule has 2 fully saturated rings. The predicted molar refractivity (Wildman–Crippen MR) is 62.3 cm³/mol. The number of halogens is 1. The lowest BCUT2D eigenvalue weighted by Crippen LogP contribution is -2.53. The van der Waals surface area contributed by atoms with Crippen LogP contribution < -0.4 is 5.73 Å². The van der Waals surface area contributed by atoms with Crippen LogP contribution in [0.5, 0.6) is 0 Å². The number of carbonyl (C=O) groups is 1. The maximum absolute atomic E-state index is 13.7. The molecule has 1 unspecified atom stereocenters. The summed E-state index contributed by atoms with van der Waals surface area (Å²) in [5.41, 5.74) is 5.13. The molecule has 2 bridgehead atoms. The fourth-order valence-electron chi connectivity index (χ4n) is 2.97. The summed E-state index contributed by atoms with van der Waals surface area (Å²) in [5.74, 6) is 0.201. The lowest BCUT2D eigenvalue weighted by atomic mass is 9.98. The third kappa shape index (κ3) is 2.25. The lowest BCUT2D eigenvalue weighted by Gasteiger charge is -2.37. The largest absolute Gasteiger partial charge is 0.444 e. The minimum Gasteiger partial charge on any atom is -0.444 e. The number of fused-ring (bicyclic) bond motifs is 2. The van der Waals surface area contributed by atoms with Crippen molar-refractivity contribution in [3.63, 3.8) is 0 Å². The van der Waals surface area contributed by atoms with Crippen LogP contribution in [0, 0.1) is 5.92 Å². The highest BCUT2D eigenvalue weighted by molar-refractivity contribution is 5.70. The van der Waals surface area contributed by atoms with Gasteiger partial charge in [0.15, 0.2) is 0 Å². The average Bonchev–Trinajstić information content (AvgIpc) is 2.69. The van der Waals surface area contributed by atoms with E-state index >= 15 is 0 Å². The van der Waals surface area contributed by atoms with Gasteiger partial charge in [0.2, 0.25) is 0 Å². The van der Waals surface area contributed by atoms with Gasteiger partial charge in [-0.25, -0.2) is 9.18 Å². The molecule has 0 aromatic heterocycles. The van der Waals surface area contributed by atoms with Gasteiger partial charge in [0.05, 0.1) is 12.1 Å². The lowest BCUT2D eigenvalue weighted by molar-refractivity contribution is -0.00306. The van der Waals surface area contributed by atoms with Crippen LogP contribution >= 0.6 is 0 Å². The molecular formula is C12H21FN2O2. The van der Waals surface area contributed by atoms with Crippen LogP contribution in [-0.2, 0) is 4.74 Å². The number of amides is 1. The van der Waals surface area contributed by atoms with Crippen molar-refractivity contribution in [2.75, 3.05) is 6.54 Å². The van der Waals surface area contributed by atoms with Gasteiger partial charge < -0.3 is 10.5 Å². The van der Waals surface area contributed by atoms with Crippen LogP contribution in [0.15, 0.2) is 0 Å². The predicted octanol–water partition coefficient (Wildman–Crippen LogP) is 1.68. The molecule has 98 valence electrons. The second-order valence-electron chi connectivity index (χ2n) is 6.01. The van der Waals surface area contributed by atoms with Crippen molar-refractivity contribution in [1.82, 2.24) is 4.90 Å². The highest BCUT2D eigenvalue weighted by Crippen LogP contribution is 2.44. The standard InChI is InChI=1S/C12H21FN2O2/c1-12(2,3)17-11(16)15-9-5-7(4-8(9)13)10(15)6-14/h7-10H,4-6,14H2,1-3H3/t7-,8-,9?,10+/m1/s1. The Morgan fingerprint density at radius 2 is 2.12 bits per heavy atom. The molecule has 0 spiro atoms. The van der Waals surface area contributed by atoms with Gasteiger partial charge >= 0.3 is 6.09 Å². The van der Waals surface area contributed by atoms with E-state index in [9.17, 15) is 9.18 Å². The van der Waals surface area contributed by atoms with Crippen molar-refractivity contribution in [1.29, 1.82) is 0 Å². The van der Waals surface area contributed by atoms with Crippen molar-refractivity contribution in [3.8, 4) is 0 Å². The molecule has 2 rings (SSSR count). The van der Waals surface area contributed by atoms with E-state index in [2.05, 4.69) is 0 Å². The van der Waals surface area contributed by atoms with Crippen molar-refractivity contribution in [2.45, 2.75) is 57.5 Å². The van der Waals surface area contributed by atoms with Crippen LogP contribution in [0.1, 0.15) is 33.6 Å². The molecule has 0 aromatic carbocycles. The second kappa shape index (κ2) is 4.12. The number of piperidine rings is 1. The third-order valence-electron chi connectivity index (χ3n) is 3.59. The van der Waals surface area contributed by atoms with E-state index in [1.54, 1.807) is 0 Å². The summed E-state index contributed by atoms with van der Waals surface area (Å²) in [7, 11) is 0. The first-order valence-corrected chi connectivity index (χ1v) is 6.19. The zero-order valence-electron chi connectivity index (χ0n) is 10.6. The summed E-state index contributed by atoms with van der Waals surface area (Å²) < 4.78 is 19.0. The molecule has 1 saturated carbocycles. The Kier molecular flexibility index (Phi) is 3.06. The van der Waals surface area contributed by atoms with Gasteiger partial charge in [0.25, 0.3) is 0 Å². The van der Waals surface area contributed by atoms with Crippen molar-refractivity contribution in [3.05, 3.63) is 0 Å². The maximum Gasteiger partial charge on any atom is 0.410 e. The van der Waals surface area contributed by atoms with Crippen molar-refractivity contribution < 1.29 is 13.9 Å². The van der Waals surface area contributed by atoms with Gasteiger partial charge in [0, 0.05) is 6.54 Å². The highest BCUT2D eigenvalue weighted by Gasteiger charge is 2.53. The van der Waals surface area contributed by atoms with E-state index < -0.39 is 17.9 Å². The first-order valence-electron chi connectivity index (χ1n) is 6.19. The second-order valence-corrected chi connectivity index (χ2v) is 6.01. The SMILES string of the molecule is CC(C)(C)OC(=O)N1C2C[C@@H](C[C@H]2F)[C@@H]1CN. The quantitative estimate of drug-likeness (QED) is 0.763. The van der Waals surface area contributed by atoms with E-state index in [1.807, 2.05) is 20.8 Å². The van der Waals surface area contributed by atoms with Gasteiger partial charge in [-0.05, 0) is 39.5 Å². The molecule has 1 saturated heterocycles. The third-order valence-corrected chi connectivity index (χ3v) is 3.59. The number of rotatable bonds is 1. The van der Waals surface area contributed by atoms with Crippen LogP contribution in [0.25, 0.3) is 0 Å². The molecule has 1 heterocycles. The fourth-order valence-corrected chi connectivity index (χ4v) is 2.97. The minimum absolute atomic E-state index is 0.0538. The topological polar surface area (TPSA) is 55.6 Å². The van der Waals surface area contributed by atoms with Crippen molar-refractivity contribution in [2.24, 2.45) is 11.7 Å². The molecule has 2 N–H and O–H groups in total. The molecular weight excluding hydrogens is 223 g/mol. The van der Waals surface area contributed by atoms with Crippen LogP contribution in [0.2, 0.25) is 0 Å². The van der Waals surface area contributed by atoms with Gasteiger partial charge in [-0.2, -0.15) is 0 Å². The van der Waals surface area contributed by atoms with E-state index in [0.717, 1.165) is 6.42 Å². The molecule has 2 aliphatic rings. The summed E-state index contributed by atoms with van der Waals surface area (Å²) in [6.45, 7) is 5.81. The Hall–Kier alpha value is -0.840. The summed E-state index contributed by atoms with van der Waals surface area (Å²) >= 11 is 0. The first kappa shape index (κ1) is 12.6. The number of nitrogens with zero attached hydrogens (tertiary/aromatic N) is 1. The number of hydrogen-bond donors (Lipinski definition) is 1. The van der Waals surface area contributed by atoms with E-state index in [1.165, 1.54) is 4.90 Å². The number of likely N-dealkylation sites (tertiary alicyclic amines) is 1. The van der Waals surface area contributed by atoms with Gasteiger partial charge in [-0.1, -0.05) is 0 Å². The maximum atomic E-state index is 13.7. The average molecular weight is 244 g/mol. The molecule has 1 amide bonds. The summed E-state index contributed by atoms with van der Waals surface area (Å²) in [6.07, 6.45) is -0.0909. The highest BCUT2D eigenvalue weighted by atomic mass is 19.1. The van der Waals surface area contributed by atoms with Crippen LogP contribution in [0.3, 0.4) is 0 Å². The molecule has 4 nitrogen and oxygen atoms in total. The summed E-state index contributed by atoms with van der Waals surface area (Å²) in [4.78, 5) is 13.6. The van der Waals surface area contributed by atoms with Crippen LogP contribution in [-0.4, -0.2) is 41.4 Å². The molecule has 0 radical (unpaired) electrons. The van der Waals surface area contributed by atoms with E-state index in [-0.39, 0.29) is 18.0 Å². The molecule has 0 aromatic rings. The Morgan fingerprint density at radius 3 is 2.65 bits per heavy atom. The Bertz CT molecular complexity index is 314. The van der Waals surface area contributed by atoms with Gasteiger partial charge in [-0.3, -0.25) is 4.90 Å². The molecule has 1 aliphatic heterocycles. The Balaban J connectivity index is 2.11. The molecule has 5 heteroatoms. The molecule has 4 atom stereocenters. The molecule has 1 aliphatic carbocycles. The summed E-state index contributed by atoms with van der Waals surface area (Å²) in [5, 5.41) is 0. The molecule has 17 heavy (non-hydrogen) atoms. The zero-order valence-corrected chi connectivity index (χ0v) is 10.6. The first-order chi connectivity index (χ1) is 7.83. The Morgan fingerprint density at radius 1 is 1.47 bits per heavy atom. The van der Waals surface area contributed by atoms with Gasteiger partial charge in [-0.15, -0.1) is 0 Å². The fraction of sp³-hybridized carbons (Fsp3) is 0.917. The summed E-state index contributed by atoms with van der Waals surface area (Å²) in [6, 6.07) is -0.384. The number of hydrogen-bond acceptors (Lipinski definition) is 3. The normalized spacial score (nSPS) is 36.4. The zero-order chi connectivity index (χ0) is 12.8. The monoisotopic (exact) mass is 244 g/mol. The van der Waals surface area contributed by atoms with Crippen LogP contribution in [0.4, 0.5) is 9.18 Å². The minimum atomic E-state index is -0.921. The smallest absolute Gasteiger partial charge is 0.410 e. The number of carbonyl (C=O) groups excluding carboxylic acids is 1.